The maximum atomic E-state index is 10.0. The van der Waals surface area contributed by atoms with Gasteiger partial charge in [-0.05, 0) is 57.1 Å². The minimum atomic E-state index is -0.975. The van der Waals surface area contributed by atoms with Gasteiger partial charge >= 0.3 is 7.48 Å². The summed E-state index contributed by atoms with van der Waals surface area (Å²) in [6.45, 7) is 7.56. The molecule has 0 atom stereocenters. The molecule has 0 aliphatic carbocycles. The van der Waals surface area contributed by atoms with Crippen molar-refractivity contribution in [3.8, 4) is 0 Å². The first-order chi connectivity index (χ1) is 9.76. The van der Waals surface area contributed by atoms with Gasteiger partial charge in [0, 0.05) is 18.6 Å². The Morgan fingerprint density at radius 2 is 2.00 bits per heavy atom. The smallest absolute Gasteiger partial charge is 0.333 e. The Balaban J connectivity index is 2.53. The van der Waals surface area contributed by atoms with Gasteiger partial charge in [-0.1, -0.05) is 0 Å². The van der Waals surface area contributed by atoms with E-state index in [9.17, 15) is 5.11 Å². The highest BCUT2D eigenvalue weighted by Crippen LogP contribution is 2.24. The Kier molecular flexibility index (Phi) is 6.11. The lowest BCUT2D eigenvalue weighted by Gasteiger charge is -2.37. The fraction of sp³-hybridized carbons (Fsp3) is 0.467. The Morgan fingerprint density at radius 1 is 1.38 bits per heavy atom. The van der Waals surface area contributed by atoms with Crippen LogP contribution in [0.1, 0.15) is 33.3 Å². The van der Waals surface area contributed by atoms with Gasteiger partial charge in [-0.2, -0.15) is 0 Å². The molecule has 1 radical (unpaired) electrons. The third kappa shape index (κ3) is 5.69. The molecule has 1 rings (SSSR count). The summed E-state index contributed by atoms with van der Waals surface area (Å²) in [5.41, 5.74) is 5.55. The Morgan fingerprint density at radius 3 is 2.52 bits per heavy atom. The monoisotopic (exact) mass is 288 g/mol. The maximum Gasteiger partial charge on any atom is 0.333 e. The van der Waals surface area contributed by atoms with Crippen molar-refractivity contribution < 1.29 is 9.76 Å². The molecule has 0 spiro atoms. The Hall–Kier alpha value is -1.66. The number of nitrogens with zero attached hydrogens (tertiary/aromatic N) is 2. The average Bonchev–Trinajstić information content (AvgIpc) is 2.42. The molecular weight excluding hydrogens is 265 g/mol. The molecule has 0 bridgehead atoms. The summed E-state index contributed by atoms with van der Waals surface area (Å²) in [5.74, 6) is 0. The molecular formula is C15H23BN3O2. The molecule has 0 aliphatic rings. The van der Waals surface area contributed by atoms with Crippen molar-refractivity contribution in [2.24, 2.45) is 10.7 Å². The molecule has 0 aromatic carbocycles. The summed E-state index contributed by atoms with van der Waals surface area (Å²) in [6.07, 6.45) is 6.51. The van der Waals surface area contributed by atoms with Gasteiger partial charge < -0.3 is 15.5 Å². The number of aliphatic hydroxyl groups is 1. The minimum absolute atomic E-state index is 0.544. The minimum Gasteiger partial charge on any atom is -0.427 e. The maximum absolute atomic E-state index is 10.0. The van der Waals surface area contributed by atoms with Crippen LogP contribution in [0.3, 0.4) is 0 Å². The van der Waals surface area contributed by atoms with Gasteiger partial charge in [0.2, 0.25) is 0 Å². The third-order valence-corrected chi connectivity index (χ3v) is 3.42. The largest absolute Gasteiger partial charge is 0.427 e. The summed E-state index contributed by atoms with van der Waals surface area (Å²) in [5, 5.41) is 10.0. The molecule has 1 heterocycles. The number of aliphatic imine (C=N–C) groups is 1. The van der Waals surface area contributed by atoms with Gasteiger partial charge in [-0.15, -0.1) is 0 Å². The van der Waals surface area contributed by atoms with E-state index in [-0.39, 0.29) is 0 Å². The second-order valence-corrected chi connectivity index (χ2v) is 5.80. The topological polar surface area (TPSA) is 80.7 Å². The Labute approximate surface area is 127 Å². The van der Waals surface area contributed by atoms with Crippen LogP contribution in [0.2, 0.25) is 0 Å². The van der Waals surface area contributed by atoms with Crippen LogP contribution in [0, 0.1) is 0 Å². The summed E-state index contributed by atoms with van der Waals surface area (Å²) >= 11 is 0. The molecule has 0 aliphatic heterocycles. The predicted octanol–water partition coefficient (Wildman–Crippen LogP) is 1.64. The number of aromatic nitrogens is 1. The number of pyridine rings is 1. The van der Waals surface area contributed by atoms with Crippen molar-refractivity contribution in [2.45, 2.75) is 45.4 Å². The second kappa shape index (κ2) is 7.38. The van der Waals surface area contributed by atoms with Crippen molar-refractivity contribution in [3.63, 3.8) is 0 Å². The fourth-order valence-corrected chi connectivity index (χ4v) is 1.22. The first-order valence-corrected chi connectivity index (χ1v) is 6.80. The van der Waals surface area contributed by atoms with E-state index in [4.69, 9.17) is 10.4 Å². The molecule has 5 nitrogen and oxygen atoms in total. The van der Waals surface area contributed by atoms with E-state index in [1.165, 1.54) is 13.7 Å². The molecule has 0 amide bonds. The van der Waals surface area contributed by atoms with Crippen molar-refractivity contribution in [3.05, 3.63) is 41.8 Å². The standard InChI is InChI=1S/C15H23BN3O2/c1-14(2,20)15(3,4)21-16-13(9-17)11-19-10-12-5-7-18-8-6-12/h5-9,11,20H,10,17H2,1-4H3. The lowest BCUT2D eigenvalue weighted by molar-refractivity contribution is -0.0895. The molecule has 21 heavy (non-hydrogen) atoms. The van der Waals surface area contributed by atoms with E-state index in [1.54, 1.807) is 32.5 Å². The Bertz CT molecular complexity index is 493. The highest BCUT2D eigenvalue weighted by molar-refractivity contribution is 6.46. The molecule has 1 aromatic rings. The second-order valence-electron chi connectivity index (χ2n) is 5.80. The summed E-state index contributed by atoms with van der Waals surface area (Å²) < 4.78 is 5.63. The van der Waals surface area contributed by atoms with E-state index in [1.807, 2.05) is 26.0 Å². The third-order valence-electron chi connectivity index (χ3n) is 3.42. The van der Waals surface area contributed by atoms with Crippen LogP contribution in [0.15, 0.2) is 41.2 Å². The number of rotatable bonds is 7. The van der Waals surface area contributed by atoms with E-state index in [0.29, 0.717) is 12.0 Å². The molecule has 6 heteroatoms. The van der Waals surface area contributed by atoms with E-state index in [2.05, 4.69) is 9.98 Å². The zero-order valence-corrected chi connectivity index (χ0v) is 13.1. The lowest BCUT2D eigenvalue weighted by atomic mass is 9.83. The van der Waals surface area contributed by atoms with Crippen LogP contribution in [0.5, 0.6) is 0 Å². The molecule has 1 aromatic heterocycles. The summed E-state index contributed by atoms with van der Waals surface area (Å²) in [6, 6.07) is 3.81. The van der Waals surface area contributed by atoms with Crippen LogP contribution in [0.25, 0.3) is 0 Å². The lowest BCUT2D eigenvalue weighted by Crippen LogP contribution is -2.48. The van der Waals surface area contributed by atoms with Gasteiger partial charge in [0.05, 0.1) is 17.7 Å². The summed E-state index contributed by atoms with van der Waals surface area (Å²) in [7, 11) is 1.51. The number of hydrogen-bond acceptors (Lipinski definition) is 5. The molecule has 0 unspecified atom stereocenters. The fourth-order valence-electron chi connectivity index (χ4n) is 1.22. The number of allylic oxidation sites excluding steroid dienone is 1. The van der Waals surface area contributed by atoms with Gasteiger partial charge in [0.1, 0.15) is 0 Å². The molecule has 0 fully saturated rings. The van der Waals surface area contributed by atoms with Crippen LogP contribution >= 0.6 is 0 Å². The first kappa shape index (κ1) is 17.4. The highest BCUT2D eigenvalue weighted by Gasteiger charge is 2.35. The van der Waals surface area contributed by atoms with Crippen LogP contribution in [0.4, 0.5) is 0 Å². The predicted molar refractivity (Wildman–Crippen MR) is 85.9 cm³/mol. The van der Waals surface area contributed by atoms with Crippen LogP contribution in [-0.2, 0) is 11.2 Å². The van der Waals surface area contributed by atoms with Crippen molar-refractivity contribution >= 4 is 13.7 Å². The zero-order chi connectivity index (χ0) is 15.9. The normalized spacial score (nSPS) is 13.7. The van der Waals surface area contributed by atoms with Crippen LogP contribution < -0.4 is 5.73 Å². The van der Waals surface area contributed by atoms with Crippen LogP contribution in [-0.4, -0.2) is 35.0 Å². The SMILES string of the molecule is CC(C)(O)C(C)(C)O[B]C(C=NCc1ccncc1)=CN. The highest BCUT2D eigenvalue weighted by atomic mass is 16.5. The van der Waals surface area contributed by atoms with Gasteiger partial charge in [0.15, 0.2) is 0 Å². The van der Waals surface area contributed by atoms with E-state index in [0.717, 1.165) is 5.56 Å². The molecule has 0 saturated heterocycles. The van der Waals surface area contributed by atoms with Gasteiger partial charge in [-0.25, -0.2) is 0 Å². The summed E-state index contributed by atoms with van der Waals surface area (Å²) in [4.78, 5) is 8.25. The molecule has 113 valence electrons. The van der Waals surface area contributed by atoms with E-state index < -0.39 is 11.2 Å². The first-order valence-electron chi connectivity index (χ1n) is 6.80. The van der Waals surface area contributed by atoms with Gasteiger partial charge in [0.25, 0.3) is 0 Å². The van der Waals surface area contributed by atoms with Crippen molar-refractivity contribution in [2.75, 3.05) is 0 Å². The average molecular weight is 288 g/mol. The quantitative estimate of drug-likeness (QED) is 0.590. The number of hydrogen-bond donors (Lipinski definition) is 2. The number of nitrogens with two attached hydrogens (primary N) is 1. The van der Waals surface area contributed by atoms with Gasteiger partial charge in [-0.3, -0.25) is 9.98 Å². The molecule has 0 saturated carbocycles. The van der Waals surface area contributed by atoms with Crippen molar-refractivity contribution in [1.82, 2.24) is 4.98 Å². The van der Waals surface area contributed by atoms with E-state index >= 15 is 0 Å². The molecule has 3 N–H and O–H groups in total. The zero-order valence-electron chi connectivity index (χ0n) is 13.1. The van der Waals surface area contributed by atoms with Crippen molar-refractivity contribution in [1.29, 1.82) is 0 Å².